The van der Waals surface area contributed by atoms with Crippen molar-refractivity contribution in [1.82, 2.24) is 10.1 Å². The van der Waals surface area contributed by atoms with Gasteiger partial charge in [-0.15, -0.1) is 0 Å². The number of hydrogen-bond acceptors (Lipinski definition) is 4. The first-order valence-electron chi connectivity index (χ1n) is 4.99. The van der Waals surface area contributed by atoms with Crippen LogP contribution in [0.15, 0.2) is 10.6 Å². The van der Waals surface area contributed by atoms with Crippen LogP contribution in [-0.2, 0) is 4.79 Å². The Morgan fingerprint density at radius 3 is 2.69 bits per heavy atom. The maximum absolute atomic E-state index is 11.8. The molecule has 0 aromatic carbocycles. The molecule has 0 aliphatic rings. The van der Waals surface area contributed by atoms with Crippen molar-refractivity contribution in [2.24, 2.45) is 0 Å². The van der Waals surface area contributed by atoms with E-state index in [0.29, 0.717) is 12.3 Å². The minimum absolute atomic E-state index is 0.0730. The van der Waals surface area contributed by atoms with E-state index in [-0.39, 0.29) is 24.6 Å². The van der Waals surface area contributed by atoms with Crippen LogP contribution >= 0.6 is 0 Å². The van der Waals surface area contributed by atoms with Crippen molar-refractivity contribution < 1.29 is 19.2 Å². The Morgan fingerprint density at radius 2 is 2.25 bits per heavy atom. The van der Waals surface area contributed by atoms with Gasteiger partial charge < -0.3 is 14.5 Å². The summed E-state index contributed by atoms with van der Waals surface area (Å²) in [6, 6.07) is 1.53. The van der Waals surface area contributed by atoms with Crippen LogP contribution in [0.3, 0.4) is 0 Å². The summed E-state index contributed by atoms with van der Waals surface area (Å²) < 4.78 is 4.79. The number of aromatic nitrogens is 1. The van der Waals surface area contributed by atoms with E-state index in [1.54, 1.807) is 13.8 Å². The van der Waals surface area contributed by atoms with Crippen molar-refractivity contribution in [3.8, 4) is 0 Å². The van der Waals surface area contributed by atoms with Gasteiger partial charge in [-0.25, -0.2) is 0 Å². The summed E-state index contributed by atoms with van der Waals surface area (Å²) in [6.07, 6.45) is -0.0730. The van der Waals surface area contributed by atoms with Crippen molar-refractivity contribution >= 4 is 11.9 Å². The zero-order chi connectivity index (χ0) is 12.1. The first kappa shape index (κ1) is 12.2. The molecule has 0 spiro atoms. The van der Waals surface area contributed by atoms with Gasteiger partial charge in [0.15, 0.2) is 5.69 Å². The van der Waals surface area contributed by atoms with Crippen LogP contribution < -0.4 is 0 Å². The van der Waals surface area contributed by atoms with Crippen molar-refractivity contribution in [2.75, 3.05) is 13.1 Å². The van der Waals surface area contributed by atoms with E-state index in [9.17, 15) is 9.59 Å². The van der Waals surface area contributed by atoms with Gasteiger partial charge in [0.1, 0.15) is 5.76 Å². The largest absolute Gasteiger partial charge is 0.481 e. The molecule has 16 heavy (non-hydrogen) atoms. The minimum Gasteiger partial charge on any atom is -0.481 e. The number of aliphatic carboxylic acids is 1. The molecule has 6 heteroatoms. The van der Waals surface area contributed by atoms with Gasteiger partial charge in [-0.3, -0.25) is 9.59 Å². The molecule has 0 aliphatic carbocycles. The minimum atomic E-state index is -0.928. The molecule has 1 heterocycles. The maximum atomic E-state index is 11.8. The molecule has 0 aliphatic heterocycles. The number of carboxylic acid groups (broad SMARTS) is 1. The smallest absolute Gasteiger partial charge is 0.305 e. The van der Waals surface area contributed by atoms with Crippen molar-refractivity contribution in [3.05, 3.63) is 17.5 Å². The number of carbonyl (C=O) groups excluding carboxylic acids is 1. The molecular weight excluding hydrogens is 212 g/mol. The molecular formula is C10H14N2O4. The normalized spacial score (nSPS) is 10.1. The van der Waals surface area contributed by atoms with Crippen LogP contribution in [0.2, 0.25) is 0 Å². The van der Waals surface area contributed by atoms with Crippen LogP contribution in [0.5, 0.6) is 0 Å². The Bertz CT molecular complexity index is 386. The molecule has 1 aromatic rings. The van der Waals surface area contributed by atoms with Gasteiger partial charge in [0.2, 0.25) is 0 Å². The molecule has 1 N–H and O–H groups in total. The molecule has 0 atom stereocenters. The van der Waals surface area contributed by atoms with E-state index < -0.39 is 5.97 Å². The average molecular weight is 226 g/mol. The number of aryl methyl sites for hydroxylation is 1. The number of rotatable bonds is 5. The molecule has 88 valence electrons. The monoisotopic (exact) mass is 226 g/mol. The SMILES string of the molecule is CCN(CCC(=O)O)C(=O)c1cc(C)on1. The zero-order valence-electron chi connectivity index (χ0n) is 9.27. The number of amides is 1. The van der Waals surface area contributed by atoms with E-state index >= 15 is 0 Å². The molecule has 6 nitrogen and oxygen atoms in total. The van der Waals surface area contributed by atoms with Gasteiger partial charge in [0.05, 0.1) is 6.42 Å². The quantitative estimate of drug-likeness (QED) is 0.807. The lowest BCUT2D eigenvalue weighted by Crippen LogP contribution is -2.33. The highest BCUT2D eigenvalue weighted by Gasteiger charge is 2.18. The maximum Gasteiger partial charge on any atom is 0.305 e. The van der Waals surface area contributed by atoms with Crippen LogP contribution in [0.4, 0.5) is 0 Å². The lowest BCUT2D eigenvalue weighted by atomic mass is 10.3. The summed E-state index contributed by atoms with van der Waals surface area (Å²) in [5.74, 6) is -0.680. The van der Waals surface area contributed by atoms with Gasteiger partial charge in [0, 0.05) is 19.2 Å². The van der Waals surface area contributed by atoms with E-state index in [0.717, 1.165) is 0 Å². The molecule has 0 saturated heterocycles. The first-order chi connectivity index (χ1) is 7.54. The second-order valence-electron chi connectivity index (χ2n) is 3.35. The van der Waals surface area contributed by atoms with Crippen LogP contribution in [-0.4, -0.2) is 40.1 Å². The Balaban J connectivity index is 2.66. The predicted octanol–water partition coefficient (Wildman–Crippen LogP) is 0.920. The van der Waals surface area contributed by atoms with E-state index in [1.807, 2.05) is 0 Å². The second-order valence-corrected chi connectivity index (χ2v) is 3.35. The van der Waals surface area contributed by atoms with E-state index in [2.05, 4.69) is 5.16 Å². The first-order valence-corrected chi connectivity index (χ1v) is 4.99. The molecule has 0 radical (unpaired) electrons. The highest BCUT2D eigenvalue weighted by atomic mass is 16.5. The zero-order valence-corrected chi connectivity index (χ0v) is 9.27. The van der Waals surface area contributed by atoms with Crippen molar-refractivity contribution in [2.45, 2.75) is 20.3 Å². The van der Waals surface area contributed by atoms with Gasteiger partial charge in [-0.05, 0) is 13.8 Å². The van der Waals surface area contributed by atoms with Crippen LogP contribution in [0.1, 0.15) is 29.6 Å². The highest BCUT2D eigenvalue weighted by Crippen LogP contribution is 2.06. The predicted molar refractivity (Wildman–Crippen MR) is 55.1 cm³/mol. The molecule has 1 amide bonds. The molecule has 0 bridgehead atoms. The summed E-state index contributed by atoms with van der Waals surface area (Å²) in [5.41, 5.74) is 0.213. The third-order valence-corrected chi connectivity index (χ3v) is 2.11. The van der Waals surface area contributed by atoms with E-state index in [1.165, 1.54) is 11.0 Å². The van der Waals surface area contributed by atoms with Crippen LogP contribution in [0, 0.1) is 6.92 Å². The highest BCUT2D eigenvalue weighted by molar-refractivity contribution is 5.92. The fourth-order valence-electron chi connectivity index (χ4n) is 1.26. The molecule has 0 fully saturated rings. The molecule has 1 rings (SSSR count). The summed E-state index contributed by atoms with van der Waals surface area (Å²) in [6.45, 7) is 4.10. The Kier molecular flexibility index (Phi) is 4.04. The summed E-state index contributed by atoms with van der Waals surface area (Å²) in [4.78, 5) is 23.6. The lowest BCUT2D eigenvalue weighted by molar-refractivity contribution is -0.137. The molecule has 0 unspecified atom stereocenters. The third-order valence-electron chi connectivity index (χ3n) is 2.11. The number of carboxylic acids is 1. The standard InChI is InChI=1S/C10H14N2O4/c1-3-12(5-4-9(13)14)10(15)8-6-7(2)16-11-8/h6H,3-5H2,1-2H3,(H,13,14). The van der Waals surface area contributed by atoms with Crippen LogP contribution in [0.25, 0.3) is 0 Å². The number of carbonyl (C=O) groups is 2. The number of hydrogen-bond donors (Lipinski definition) is 1. The lowest BCUT2D eigenvalue weighted by Gasteiger charge is -2.18. The Hall–Kier alpha value is -1.85. The Morgan fingerprint density at radius 1 is 1.56 bits per heavy atom. The molecule has 0 saturated carbocycles. The van der Waals surface area contributed by atoms with Crippen molar-refractivity contribution in [1.29, 1.82) is 0 Å². The average Bonchev–Trinajstić information content (AvgIpc) is 2.65. The van der Waals surface area contributed by atoms with Gasteiger partial charge >= 0.3 is 5.97 Å². The summed E-state index contributed by atoms with van der Waals surface area (Å²) in [5, 5.41) is 12.1. The summed E-state index contributed by atoms with van der Waals surface area (Å²) >= 11 is 0. The second kappa shape index (κ2) is 5.29. The third kappa shape index (κ3) is 3.08. The van der Waals surface area contributed by atoms with Crippen molar-refractivity contribution in [3.63, 3.8) is 0 Å². The topological polar surface area (TPSA) is 83.6 Å². The van der Waals surface area contributed by atoms with Gasteiger partial charge in [-0.1, -0.05) is 5.16 Å². The Labute approximate surface area is 92.8 Å². The van der Waals surface area contributed by atoms with Gasteiger partial charge in [-0.2, -0.15) is 0 Å². The van der Waals surface area contributed by atoms with E-state index in [4.69, 9.17) is 9.63 Å². The fraction of sp³-hybridized carbons (Fsp3) is 0.500. The van der Waals surface area contributed by atoms with Gasteiger partial charge in [0.25, 0.3) is 5.91 Å². The number of nitrogens with zero attached hydrogens (tertiary/aromatic N) is 2. The molecule has 1 aromatic heterocycles. The summed E-state index contributed by atoms with van der Waals surface area (Å²) in [7, 11) is 0. The fourth-order valence-corrected chi connectivity index (χ4v) is 1.26.